The Kier molecular flexibility index (Phi) is 12.4. The first-order valence-electron chi connectivity index (χ1n) is 15.6. The minimum Gasteiger partial charge on any atom is -0.431 e. The second kappa shape index (κ2) is 16.8. The van der Waals surface area contributed by atoms with Crippen molar-refractivity contribution in [1.82, 2.24) is 10.3 Å². The van der Waals surface area contributed by atoms with E-state index in [1.54, 1.807) is 62.5 Å². The molecule has 3 N–H and O–H groups in total. The van der Waals surface area contributed by atoms with E-state index < -0.39 is 18.9 Å². The van der Waals surface area contributed by atoms with Crippen molar-refractivity contribution in [2.75, 3.05) is 30.1 Å². The number of fused-ring (bicyclic) bond motifs is 1. The number of benzene rings is 2. The summed E-state index contributed by atoms with van der Waals surface area (Å²) in [5.74, 6) is -0.746. The number of pyridine rings is 1. The number of aromatic nitrogens is 1. The molecule has 4 rings (SSSR count). The fourth-order valence-corrected chi connectivity index (χ4v) is 4.86. The quantitative estimate of drug-likeness (QED) is 0.0997. The van der Waals surface area contributed by atoms with Gasteiger partial charge in [0.05, 0.1) is 24.8 Å². The number of amides is 2. The normalized spacial score (nSPS) is 13.7. The molecule has 48 heavy (non-hydrogen) atoms. The molecule has 13 nitrogen and oxygen atoms in total. The second-order valence-corrected chi connectivity index (χ2v) is 11.5. The molecule has 1 aliphatic rings. The van der Waals surface area contributed by atoms with Gasteiger partial charge in [-0.2, -0.15) is 0 Å². The molecule has 0 radical (unpaired) electrons. The van der Waals surface area contributed by atoms with Crippen LogP contribution in [-0.2, 0) is 30.2 Å². The molecule has 0 saturated heterocycles. The van der Waals surface area contributed by atoms with Crippen molar-refractivity contribution in [3.8, 4) is 0 Å². The fourth-order valence-electron chi connectivity index (χ4n) is 4.86. The van der Waals surface area contributed by atoms with Crippen LogP contribution in [-0.4, -0.2) is 66.5 Å². The van der Waals surface area contributed by atoms with Gasteiger partial charge in [0.1, 0.15) is 11.7 Å². The molecular formula is C35H40N6O7. The van der Waals surface area contributed by atoms with E-state index in [1.165, 1.54) is 11.8 Å². The summed E-state index contributed by atoms with van der Waals surface area (Å²) in [7, 11) is 0. The van der Waals surface area contributed by atoms with Crippen LogP contribution in [0.2, 0.25) is 0 Å². The average Bonchev–Trinajstić information content (AvgIpc) is 3.21. The number of nitrogens with zero attached hydrogens (tertiary/aromatic N) is 3. The van der Waals surface area contributed by atoms with Crippen LogP contribution < -0.4 is 15.5 Å². The van der Waals surface area contributed by atoms with Crippen LogP contribution >= 0.6 is 0 Å². The van der Waals surface area contributed by atoms with Crippen LogP contribution in [0.1, 0.15) is 62.0 Å². The minimum atomic E-state index is -0.946. The second-order valence-electron chi connectivity index (χ2n) is 11.5. The van der Waals surface area contributed by atoms with Crippen molar-refractivity contribution in [2.24, 2.45) is 10.9 Å². The number of nitrogens with one attached hydrogen (secondary N) is 3. The summed E-state index contributed by atoms with van der Waals surface area (Å²) < 4.78 is 14.6. The van der Waals surface area contributed by atoms with E-state index in [0.717, 1.165) is 29.8 Å². The molecule has 1 aromatic heterocycles. The highest BCUT2D eigenvalue weighted by molar-refractivity contribution is 6.07. The summed E-state index contributed by atoms with van der Waals surface area (Å²) in [6, 6.07) is 17.8. The van der Waals surface area contributed by atoms with Crippen LogP contribution in [0.25, 0.3) is 0 Å². The number of rotatable bonds is 12. The highest BCUT2D eigenvalue weighted by atomic mass is 16.8. The number of aliphatic imine (C=N–C) groups is 1. The smallest absolute Gasteiger partial charge is 0.431 e. The van der Waals surface area contributed by atoms with Crippen molar-refractivity contribution in [3.63, 3.8) is 0 Å². The average molecular weight is 657 g/mol. The molecular weight excluding hydrogens is 616 g/mol. The largest absolute Gasteiger partial charge is 0.511 e. The minimum absolute atomic E-state index is 0.0270. The van der Waals surface area contributed by atoms with Gasteiger partial charge >= 0.3 is 12.1 Å². The van der Waals surface area contributed by atoms with Gasteiger partial charge in [-0.15, -0.1) is 0 Å². The maximum atomic E-state index is 13.9. The zero-order valence-corrected chi connectivity index (χ0v) is 27.4. The standard InChI is InChI=1S/C35H40N6O7/c1-22(2)48-35(45)47-21-46-32(43)16-18-41(31-7-5-6-17-37-31)34(44)27-11-10-25-9-8-23(3)30(40-29(25)19-27)20-38-28-14-12-26(13-15-28)33(36)39-24(4)42/h5-7,10-15,17,19,22-23,38H,8-9,16,18,20-21H2,1-4H3,(H2,36,39,42). The van der Waals surface area contributed by atoms with E-state index >= 15 is 0 Å². The van der Waals surface area contributed by atoms with Gasteiger partial charge in [-0.05, 0) is 86.7 Å². The van der Waals surface area contributed by atoms with Crippen LogP contribution in [0, 0.1) is 11.3 Å². The molecule has 3 aromatic rings. The summed E-state index contributed by atoms with van der Waals surface area (Å²) in [5.41, 5.74) is 4.47. The summed E-state index contributed by atoms with van der Waals surface area (Å²) in [5, 5.41) is 13.9. The molecule has 13 heteroatoms. The molecule has 2 heterocycles. The van der Waals surface area contributed by atoms with Gasteiger partial charge in [0.2, 0.25) is 12.7 Å². The van der Waals surface area contributed by atoms with Gasteiger partial charge in [-0.3, -0.25) is 29.7 Å². The van der Waals surface area contributed by atoms with E-state index in [0.29, 0.717) is 29.2 Å². The van der Waals surface area contributed by atoms with Gasteiger partial charge < -0.3 is 24.8 Å². The van der Waals surface area contributed by atoms with Crippen molar-refractivity contribution < 1.29 is 33.4 Å². The number of hydrogen-bond donors (Lipinski definition) is 3. The van der Waals surface area contributed by atoms with E-state index in [2.05, 4.69) is 22.5 Å². The lowest BCUT2D eigenvalue weighted by molar-refractivity contribution is -0.153. The topological polar surface area (TPSA) is 172 Å². The zero-order chi connectivity index (χ0) is 34.6. The van der Waals surface area contributed by atoms with Crippen LogP contribution in [0.4, 0.5) is 22.0 Å². The first kappa shape index (κ1) is 35.3. The van der Waals surface area contributed by atoms with Crippen molar-refractivity contribution in [1.29, 1.82) is 5.41 Å². The molecule has 1 aliphatic heterocycles. The van der Waals surface area contributed by atoms with Crippen LogP contribution in [0.3, 0.4) is 0 Å². The van der Waals surface area contributed by atoms with Crippen molar-refractivity contribution in [2.45, 2.75) is 53.1 Å². The van der Waals surface area contributed by atoms with Gasteiger partial charge in [-0.25, -0.2) is 9.78 Å². The molecule has 2 amide bonds. The number of ether oxygens (including phenoxy) is 3. The Bertz CT molecular complexity index is 1660. The fraction of sp³-hybridized carbons (Fsp3) is 0.343. The summed E-state index contributed by atoms with van der Waals surface area (Å²) in [6.45, 7) is 6.66. The molecule has 0 fully saturated rings. The Labute approximate surface area is 279 Å². The van der Waals surface area contributed by atoms with Gasteiger partial charge in [0.15, 0.2) is 0 Å². The summed E-state index contributed by atoms with van der Waals surface area (Å²) in [6.07, 6.45) is 1.75. The lowest BCUT2D eigenvalue weighted by Gasteiger charge is -2.22. The number of carbonyl (C=O) groups excluding carboxylic acids is 4. The molecule has 1 atom stereocenters. The predicted molar refractivity (Wildman–Crippen MR) is 181 cm³/mol. The van der Waals surface area contributed by atoms with E-state index in [1.807, 2.05) is 18.2 Å². The van der Waals surface area contributed by atoms with Gasteiger partial charge in [0, 0.05) is 42.2 Å². The Morgan fingerprint density at radius 3 is 2.46 bits per heavy atom. The maximum absolute atomic E-state index is 13.9. The van der Waals surface area contributed by atoms with Crippen molar-refractivity contribution >= 4 is 52.7 Å². The first-order valence-corrected chi connectivity index (χ1v) is 15.6. The summed E-state index contributed by atoms with van der Waals surface area (Å²) in [4.78, 5) is 59.8. The van der Waals surface area contributed by atoms with E-state index in [9.17, 15) is 19.2 Å². The number of amidine groups is 1. The number of anilines is 2. The number of hydrogen-bond acceptors (Lipinski definition) is 11. The molecule has 2 aromatic carbocycles. The lowest BCUT2D eigenvalue weighted by atomic mass is 9.97. The van der Waals surface area contributed by atoms with E-state index in [4.69, 9.17) is 24.6 Å². The number of esters is 1. The molecule has 0 spiro atoms. The first-order chi connectivity index (χ1) is 23.0. The van der Waals surface area contributed by atoms with Gasteiger partial charge in [0.25, 0.3) is 5.91 Å². The Balaban J connectivity index is 1.46. The van der Waals surface area contributed by atoms with Crippen molar-refractivity contribution in [3.05, 3.63) is 83.6 Å². The van der Waals surface area contributed by atoms with Crippen LogP contribution in [0.15, 0.2) is 71.9 Å². The van der Waals surface area contributed by atoms with E-state index in [-0.39, 0.29) is 42.6 Å². The third-order valence-electron chi connectivity index (χ3n) is 7.40. The molecule has 0 aliphatic carbocycles. The van der Waals surface area contributed by atoms with Gasteiger partial charge in [-0.1, -0.05) is 19.1 Å². The molecule has 0 bridgehead atoms. The molecule has 0 saturated carbocycles. The zero-order valence-electron chi connectivity index (χ0n) is 27.4. The molecule has 252 valence electrons. The Morgan fingerprint density at radius 2 is 1.77 bits per heavy atom. The molecule has 1 unspecified atom stereocenters. The third-order valence-corrected chi connectivity index (χ3v) is 7.40. The maximum Gasteiger partial charge on any atom is 0.511 e. The van der Waals surface area contributed by atoms with Crippen LogP contribution in [0.5, 0.6) is 0 Å². The third kappa shape index (κ3) is 10.2. The SMILES string of the molecule is CC(=O)NC(=N)c1ccc(NCC2=Nc3cc(C(=O)N(CCC(=O)OCOC(=O)OC(C)C)c4ccccn4)ccc3CCC2C)cc1. The highest BCUT2D eigenvalue weighted by Crippen LogP contribution is 2.30. The highest BCUT2D eigenvalue weighted by Gasteiger charge is 2.23. The predicted octanol–water partition coefficient (Wildman–Crippen LogP) is 5.41. The number of aryl methyl sites for hydroxylation is 1. The number of carbonyl (C=O) groups is 4. The monoisotopic (exact) mass is 656 g/mol. The summed E-state index contributed by atoms with van der Waals surface area (Å²) >= 11 is 0. The Morgan fingerprint density at radius 1 is 1.02 bits per heavy atom. The Hall–Kier alpha value is -5.59. The lowest BCUT2D eigenvalue weighted by Crippen LogP contribution is -2.34.